The molecule has 1 aliphatic carbocycles. The Labute approximate surface area is 169 Å². The summed E-state index contributed by atoms with van der Waals surface area (Å²) >= 11 is 7.55. The Hall–Kier alpha value is -2.22. The van der Waals surface area contributed by atoms with E-state index in [9.17, 15) is 10.1 Å². The number of nitrogens with zero attached hydrogens (tertiary/aromatic N) is 1. The number of nitrogens with one attached hydrogen (secondary N) is 1. The van der Waals surface area contributed by atoms with Crippen molar-refractivity contribution in [2.75, 3.05) is 0 Å². The maximum Gasteiger partial charge on any atom is 0.262 e. The molecule has 2 aromatic carbocycles. The van der Waals surface area contributed by atoms with Crippen molar-refractivity contribution in [3.63, 3.8) is 0 Å². The van der Waals surface area contributed by atoms with Crippen molar-refractivity contribution >= 4 is 35.3 Å². The molecule has 1 fully saturated rings. The molecular formula is C22H21ClN2OS. The van der Waals surface area contributed by atoms with E-state index in [1.54, 1.807) is 17.8 Å². The summed E-state index contributed by atoms with van der Waals surface area (Å²) in [5.74, 6) is -0.274. The van der Waals surface area contributed by atoms with Crippen LogP contribution in [-0.2, 0) is 4.79 Å². The molecule has 0 heterocycles. The molecule has 0 spiro atoms. The van der Waals surface area contributed by atoms with Gasteiger partial charge in [-0.3, -0.25) is 4.79 Å². The van der Waals surface area contributed by atoms with Crippen molar-refractivity contribution in [3.8, 4) is 6.07 Å². The minimum atomic E-state index is -0.274. The maximum absolute atomic E-state index is 12.4. The number of amides is 1. The van der Waals surface area contributed by atoms with Crippen molar-refractivity contribution in [3.05, 3.63) is 64.7 Å². The Bertz CT molecular complexity index is 847. The summed E-state index contributed by atoms with van der Waals surface area (Å²) in [5.41, 5.74) is 0.990. The van der Waals surface area contributed by atoms with E-state index >= 15 is 0 Å². The standard InChI is InChI=1S/C22H21ClN2OS/c23-18-8-12-21(13-9-18)27-20-10-6-16(7-11-20)14-17(15-24)22(26)25-19-4-2-1-3-5-19/h6-14,19H,1-5H2,(H,25,26)/b17-14-. The van der Waals surface area contributed by atoms with Crippen molar-refractivity contribution < 1.29 is 4.79 Å². The van der Waals surface area contributed by atoms with Gasteiger partial charge < -0.3 is 5.32 Å². The van der Waals surface area contributed by atoms with Crippen LogP contribution in [0.15, 0.2) is 63.9 Å². The molecule has 5 heteroatoms. The molecule has 3 rings (SSSR count). The molecule has 0 atom stereocenters. The van der Waals surface area contributed by atoms with E-state index < -0.39 is 0 Å². The van der Waals surface area contributed by atoms with Crippen LogP contribution in [0, 0.1) is 11.3 Å². The lowest BCUT2D eigenvalue weighted by Gasteiger charge is -2.22. The van der Waals surface area contributed by atoms with Crippen molar-refractivity contribution in [1.82, 2.24) is 5.32 Å². The van der Waals surface area contributed by atoms with Gasteiger partial charge in [0.2, 0.25) is 0 Å². The Balaban J connectivity index is 1.64. The third kappa shape index (κ3) is 5.89. The third-order valence-electron chi connectivity index (χ3n) is 4.55. The summed E-state index contributed by atoms with van der Waals surface area (Å²) in [6, 6.07) is 17.7. The van der Waals surface area contributed by atoms with Crippen LogP contribution in [-0.4, -0.2) is 11.9 Å². The first-order valence-corrected chi connectivity index (χ1v) is 10.3. The van der Waals surface area contributed by atoms with Crippen LogP contribution in [0.4, 0.5) is 0 Å². The molecule has 1 saturated carbocycles. The predicted molar refractivity (Wildman–Crippen MR) is 111 cm³/mol. The molecule has 3 nitrogen and oxygen atoms in total. The molecular weight excluding hydrogens is 376 g/mol. The normalized spacial score (nSPS) is 15.2. The monoisotopic (exact) mass is 396 g/mol. The molecule has 1 amide bonds. The van der Waals surface area contributed by atoms with Crippen molar-refractivity contribution in [2.45, 2.75) is 47.9 Å². The Morgan fingerprint density at radius 1 is 1.04 bits per heavy atom. The molecule has 0 aromatic heterocycles. The van der Waals surface area contributed by atoms with Gasteiger partial charge in [0, 0.05) is 20.9 Å². The van der Waals surface area contributed by atoms with E-state index in [0.29, 0.717) is 0 Å². The molecule has 0 bridgehead atoms. The highest BCUT2D eigenvalue weighted by Crippen LogP contribution is 2.29. The smallest absolute Gasteiger partial charge is 0.262 e. The highest BCUT2D eigenvalue weighted by atomic mass is 35.5. The quantitative estimate of drug-likeness (QED) is 0.509. The number of hydrogen-bond donors (Lipinski definition) is 1. The number of benzene rings is 2. The molecule has 0 radical (unpaired) electrons. The molecule has 27 heavy (non-hydrogen) atoms. The minimum absolute atomic E-state index is 0.152. The lowest BCUT2D eigenvalue weighted by Crippen LogP contribution is -2.36. The summed E-state index contributed by atoms with van der Waals surface area (Å²) in [5, 5.41) is 13.1. The second-order valence-corrected chi connectivity index (χ2v) is 8.19. The first kappa shape index (κ1) is 19.5. The number of nitriles is 1. The van der Waals surface area contributed by atoms with Gasteiger partial charge in [-0.2, -0.15) is 5.26 Å². The van der Waals surface area contributed by atoms with E-state index in [-0.39, 0.29) is 17.5 Å². The van der Waals surface area contributed by atoms with Gasteiger partial charge in [0.25, 0.3) is 5.91 Å². The molecule has 1 N–H and O–H groups in total. The molecule has 0 aliphatic heterocycles. The van der Waals surface area contributed by atoms with E-state index in [4.69, 9.17) is 11.6 Å². The van der Waals surface area contributed by atoms with Crippen LogP contribution < -0.4 is 5.32 Å². The van der Waals surface area contributed by atoms with Gasteiger partial charge in [-0.05, 0) is 60.9 Å². The van der Waals surface area contributed by atoms with Crippen LogP contribution in [0.25, 0.3) is 6.08 Å². The van der Waals surface area contributed by atoms with Gasteiger partial charge in [-0.15, -0.1) is 0 Å². The van der Waals surface area contributed by atoms with Crippen LogP contribution >= 0.6 is 23.4 Å². The molecule has 138 valence electrons. The second kappa shape index (κ2) is 9.64. The number of hydrogen-bond acceptors (Lipinski definition) is 3. The molecule has 0 saturated heterocycles. The zero-order valence-corrected chi connectivity index (χ0v) is 16.5. The third-order valence-corrected chi connectivity index (χ3v) is 5.81. The van der Waals surface area contributed by atoms with Gasteiger partial charge in [-0.25, -0.2) is 0 Å². The van der Waals surface area contributed by atoms with E-state index in [2.05, 4.69) is 5.32 Å². The Kier molecular flexibility index (Phi) is 6.98. The first-order valence-electron chi connectivity index (χ1n) is 9.10. The zero-order valence-electron chi connectivity index (χ0n) is 15.0. The average Bonchev–Trinajstić information content (AvgIpc) is 2.70. The van der Waals surface area contributed by atoms with Gasteiger partial charge in [0.05, 0.1) is 0 Å². The molecule has 2 aromatic rings. The maximum atomic E-state index is 12.4. The van der Waals surface area contributed by atoms with Crippen LogP contribution in [0.1, 0.15) is 37.7 Å². The van der Waals surface area contributed by atoms with E-state index in [0.717, 1.165) is 46.1 Å². The lowest BCUT2D eigenvalue weighted by molar-refractivity contribution is -0.117. The fourth-order valence-corrected chi connectivity index (χ4v) is 4.04. The van der Waals surface area contributed by atoms with Crippen molar-refractivity contribution in [2.24, 2.45) is 0 Å². The minimum Gasteiger partial charge on any atom is -0.349 e. The second-order valence-electron chi connectivity index (χ2n) is 6.60. The highest BCUT2D eigenvalue weighted by Gasteiger charge is 2.18. The SMILES string of the molecule is N#C/C(=C/c1ccc(Sc2ccc(Cl)cc2)cc1)C(=O)NC1CCCCC1. The van der Waals surface area contributed by atoms with Crippen LogP contribution in [0.2, 0.25) is 5.02 Å². The van der Waals surface area contributed by atoms with Crippen molar-refractivity contribution in [1.29, 1.82) is 5.26 Å². The van der Waals surface area contributed by atoms with E-state index in [1.807, 2.05) is 54.6 Å². The summed E-state index contributed by atoms with van der Waals surface area (Å²) in [4.78, 5) is 14.6. The molecule has 1 aliphatic rings. The number of halogens is 1. The van der Waals surface area contributed by atoms with Gasteiger partial charge >= 0.3 is 0 Å². The summed E-state index contributed by atoms with van der Waals surface area (Å²) in [7, 11) is 0. The number of carbonyl (C=O) groups is 1. The zero-order chi connectivity index (χ0) is 19.1. The van der Waals surface area contributed by atoms with E-state index in [1.165, 1.54) is 6.42 Å². The summed E-state index contributed by atoms with van der Waals surface area (Å²) in [6.07, 6.45) is 7.16. The number of carbonyl (C=O) groups excluding carboxylic acids is 1. The fraction of sp³-hybridized carbons (Fsp3) is 0.273. The topological polar surface area (TPSA) is 52.9 Å². The lowest BCUT2D eigenvalue weighted by atomic mass is 9.95. The van der Waals surface area contributed by atoms with Gasteiger partial charge in [-0.1, -0.05) is 54.8 Å². The van der Waals surface area contributed by atoms with Gasteiger partial charge in [0.15, 0.2) is 0 Å². The van der Waals surface area contributed by atoms with Crippen LogP contribution in [0.5, 0.6) is 0 Å². The number of rotatable bonds is 5. The Morgan fingerprint density at radius 2 is 1.63 bits per heavy atom. The largest absolute Gasteiger partial charge is 0.349 e. The average molecular weight is 397 g/mol. The fourth-order valence-electron chi connectivity index (χ4n) is 3.10. The Morgan fingerprint density at radius 3 is 2.22 bits per heavy atom. The van der Waals surface area contributed by atoms with Gasteiger partial charge in [0.1, 0.15) is 11.6 Å². The first-order chi connectivity index (χ1) is 13.1. The summed E-state index contributed by atoms with van der Waals surface area (Å²) < 4.78 is 0. The summed E-state index contributed by atoms with van der Waals surface area (Å²) in [6.45, 7) is 0. The predicted octanol–water partition coefficient (Wildman–Crippen LogP) is 5.85. The highest BCUT2D eigenvalue weighted by molar-refractivity contribution is 7.99. The van der Waals surface area contributed by atoms with Crippen LogP contribution in [0.3, 0.4) is 0 Å². The molecule has 0 unspecified atom stereocenters.